The normalized spacial score (nSPS) is 22.2. The fraction of sp³-hybridized carbons (Fsp3) is 0.333. The number of methoxy groups -OCH3 is 1. The molecule has 180 valence electrons. The van der Waals surface area contributed by atoms with Crippen molar-refractivity contribution in [2.24, 2.45) is 5.16 Å². The van der Waals surface area contributed by atoms with Gasteiger partial charge in [-0.1, -0.05) is 11.2 Å². The van der Waals surface area contributed by atoms with Crippen LogP contribution in [-0.4, -0.2) is 47.2 Å². The van der Waals surface area contributed by atoms with E-state index in [2.05, 4.69) is 27.2 Å². The maximum Gasteiger partial charge on any atom is 0.172 e. The molecule has 0 N–H and O–H groups in total. The number of oxime groups is 1. The molecule has 4 heterocycles. The summed E-state index contributed by atoms with van der Waals surface area (Å²) in [6.45, 7) is 3.72. The highest BCUT2D eigenvalue weighted by molar-refractivity contribution is 6.03. The molecule has 0 bridgehead atoms. The molecule has 0 saturated carbocycles. The molecule has 0 amide bonds. The number of fused-ring (bicyclic) bond motifs is 4. The van der Waals surface area contributed by atoms with Crippen LogP contribution in [0.2, 0.25) is 0 Å². The molecule has 35 heavy (non-hydrogen) atoms. The van der Waals surface area contributed by atoms with Gasteiger partial charge in [0.2, 0.25) is 0 Å². The summed E-state index contributed by atoms with van der Waals surface area (Å²) < 4.78 is 27.8. The van der Waals surface area contributed by atoms with Crippen molar-refractivity contribution in [2.45, 2.75) is 31.7 Å². The molecule has 6 rings (SSSR count). The number of aromatic nitrogens is 2. The van der Waals surface area contributed by atoms with E-state index in [0.717, 1.165) is 59.1 Å². The maximum absolute atomic E-state index is 14.3. The average molecular weight is 475 g/mol. The summed E-state index contributed by atoms with van der Waals surface area (Å²) in [6.07, 6.45) is 8.46. The van der Waals surface area contributed by atoms with Gasteiger partial charge in [-0.15, -0.1) is 0 Å². The van der Waals surface area contributed by atoms with Crippen LogP contribution in [0.15, 0.2) is 59.7 Å². The van der Waals surface area contributed by atoms with Gasteiger partial charge in [-0.3, -0.25) is 0 Å². The molecule has 0 aliphatic carbocycles. The van der Waals surface area contributed by atoms with Crippen molar-refractivity contribution in [1.29, 1.82) is 0 Å². The summed E-state index contributed by atoms with van der Waals surface area (Å²) >= 11 is 0. The van der Waals surface area contributed by atoms with E-state index in [-0.39, 0.29) is 5.82 Å². The number of hydrogen-bond acceptors (Lipinski definition) is 6. The number of aryl methyl sites for hydroxylation is 1. The Hall–Kier alpha value is -3.81. The van der Waals surface area contributed by atoms with Gasteiger partial charge >= 0.3 is 0 Å². The molecule has 7 nitrogen and oxygen atoms in total. The number of nitrogens with zero attached hydrogens (tertiary/aromatic N) is 4. The van der Waals surface area contributed by atoms with Gasteiger partial charge in [-0.05, 0) is 67.3 Å². The summed E-state index contributed by atoms with van der Waals surface area (Å²) in [5.41, 5.74) is 4.32. The number of halogens is 1. The first-order chi connectivity index (χ1) is 17.1. The van der Waals surface area contributed by atoms with Crippen molar-refractivity contribution in [3.8, 4) is 17.2 Å². The second-order valence-corrected chi connectivity index (χ2v) is 9.24. The predicted molar refractivity (Wildman–Crippen MR) is 130 cm³/mol. The van der Waals surface area contributed by atoms with Crippen molar-refractivity contribution < 1.29 is 18.7 Å². The van der Waals surface area contributed by atoms with Crippen molar-refractivity contribution >= 4 is 11.9 Å². The lowest BCUT2D eigenvalue weighted by atomic mass is 9.80. The molecule has 0 radical (unpaired) electrons. The summed E-state index contributed by atoms with van der Waals surface area (Å²) in [7, 11) is 1.67. The van der Waals surface area contributed by atoms with Gasteiger partial charge in [0.05, 0.1) is 31.4 Å². The third-order valence-electron chi connectivity index (χ3n) is 7.09. The van der Waals surface area contributed by atoms with E-state index in [0.29, 0.717) is 25.4 Å². The highest BCUT2D eigenvalue weighted by Gasteiger charge is 2.49. The zero-order chi connectivity index (χ0) is 24.0. The monoisotopic (exact) mass is 474 g/mol. The number of rotatable bonds is 3. The van der Waals surface area contributed by atoms with E-state index in [1.54, 1.807) is 25.6 Å². The number of amidine groups is 1. The van der Waals surface area contributed by atoms with Gasteiger partial charge in [0, 0.05) is 24.7 Å². The van der Waals surface area contributed by atoms with Crippen LogP contribution in [0.25, 0.3) is 11.8 Å². The summed E-state index contributed by atoms with van der Waals surface area (Å²) in [5.74, 6) is 2.02. The Morgan fingerprint density at radius 2 is 2.11 bits per heavy atom. The Morgan fingerprint density at radius 1 is 1.20 bits per heavy atom. The van der Waals surface area contributed by atoms with Crippen LogP contribution >= 0.6 is 0 Å². The molecular formula is C27H27FN4O3. The Morgan fingerprint density at radius 3 is 2.94 bits per heavy atom. The summed E-state index contributed by atoms with van der Waals surface area (Å²) in [6, 6.07) is 10.9. The van der Waals surface area contributed by atoms with Gasteiger partial charge in [-0.2, -0.15) is 0 Å². The van der Waals surface area contributed by atoms with E-state index in [1.165, 1.54) is 6.07 Å². The molecule has 8 heteroatoms. The van der Waals surface area contributed by atoms with Crippen molar-refractivity contribution in [2.75, 3.05) is 26.9 Å². The minimum atomic E-state index is -0.493. The minimum absolute atomic E-state index is 0.272. The fourth-order valence-corrected chi connectivity index (χ4v) is 5.40. The quantitative estimate of drug-likeness (QED) is 0.544. The van der Waals surface area contributed by atoms with Crippen LogP contribution in [0.4, 0.5) is 4.39 Å². The van der Waals surface area contributed by atoms with E-state index in [9.17, 15) is 4.39 Å². The first kappa shape index (κ1) is 21.7. The Balaban J connectivity index is 1.37. The number of ether oxygens (including phenoxy) is 2. The molecule has 1 aromatic heterocycles. The second-order valence-electron chi connectivity index (χ2n) is 9.24. The van der Waals surface area contributed by atoms with Crippen molar-refractivity contribution in [3.63, 3.8) is 0 Å². The number of benzene rings is 2. The molecule has 3 aliphatic heterocycles. The Labute approximate surface area is 203 Å². The Kier molecular flexibility index (Phi) is 5.24. The molecule has 1 fully saturated rings. The molecular weight excluding hydrogens is 447 g/mol. The van der Waals surface area contributed by atoms with E-state index in [4.69, 9.17) is 14.3 Å². The van der Waals surface area contributed by atoms with E-state index < -0.39 is 5.54 Å². The molecule has 1 saturated heterocycles. The van der Waals surface area contributed by atoms with Crippen LogP contribution in [0.1, 0.15) is 36.1 Å². The minimum Gasteiger partial charge on any atom is -0.495 e. The third-order valence-corrected chi connectivity index (χ3v) is 7.09. The highest BCUT2D eigenvalue weighted by Crippen LogP contribution is 2.46. The van der Waals surface area contributed by atoms with Crippen molar-refractivity contribution in [3.05, 3.63) is 77.1 Å². The molecule has 3 aromatic rings. The molecule has 0 unspecified atom stereocenters. The lowest BCUT2D eigenvalue weighted by molar-refractivity contribution is -0.0290. The number of piperidine rings is 1. The smallest absolute Gasteiger partial charge is 0.172 e. The predicted octanol–water partition coefficient (Wildman–Crippen LogP) is 4.83. The van der Waals surface area contributed by atoms with Crippen LogP contribution in [0.3, 0.4) is 0 Å². The van der Waals surface area contributed by atoms with Gasteiger partial charge < -0.3 is 23.8 Å². The van der Waals surface area contributed by atoms with Crippen LogP contribution < -0.4 is 9.47 Å². The summed E-state index contributed by atoms with van der Waals surface area (Å²) in [5, 5.41) is 4.48. The average Bonchev–Trinajstić information content (AvgIpc) is 3.31. The van der Waals surface area contributed by atoms with E-state index in [1.807, 2.05) is 29.8 Å². The zero-order valence-electron chi connectivity index (χ0n) is 19.8. The largest absolute Gasteiger partial charge is 0.495 e. The second kappa shape index (κ2) is 8.45. The summed E-state index contributed by atoms with van der Waals surface area (Å²) in [4.78, 5) is 12.4. The molecule has 3 aliphatic rings. The Bertz CT molecular complexity index is 1350. The van der Waals surface area contributed by atoms with Crippen LogP contribution in [-0.2, 0) is 10.4 Å². The van der Waals surface area contributed by atoms with Gasteiger partial charge in [-0.25, -0.2) is 9.37 Å². The topological polar surface area (TPSA) is 61.1 Å². The molecule has 1 atom stereocenters. The fourth-order valence-electron chi connectivity index (χ4n) is 5.40. The van der Waals surface area contributed by atoms with Gasteiger partial charge in [0.25, 0.3) is 0 Å². The number of hydrogen-bond donors (Lipinski definition) is 0. The van der Waals surface area contributed by atoms with Gasteiger partial charge in [0.15, 0.2) is 5.84 Å². The first-order valence-corrected chi connectivity index (χ1v) is 11.9. The lowest BCUT2D eigenvalue weighted by Gasteiger charge is -2.51. The van der Waals surface area contributed by atoms with Crippen LogP contribution in [0, 0.1) is 12.7 Å². The maximum atomic E-state index is 14.3. The standard InChI is InChI=1S/C27H27FN4O3/c1-18-15-31(17-29-18)23-7-5-19(13-25(23)33-2)12-20-4-3-10-32-26(20)30-35-16-27(32)9-11-34-24-8-6-21(28)14-22(24)27/h5-8,12-15,17H,3-4,9-11,16H2,1-2H3/t27-/m0/s1. The zero-order valence-corrected chi connectivity index (χ0v) is 19.8. The molecule has 2 aromatic carbocycles. The van der Waals surface area contributed by atoms with Gasteiger partial charge in [0.1, 0.15) is 29.5 Å². The lowest BCUT2D eigenvalue weighted by Crippen LogP contribution is -2.58. The molecule has 1 spiro atoms. The van der Waals surface area contributed by atoms with Crippen molar-refractivity contribution in [1.82, 2.24) is 14.5 Å². The SMILES string of the molecule is COc1cc(C=C2CCCN3C2=NOC[C@]32CCOc3ccc(F)cc32)ccc1-n1cnc(C)c1. The van der Waals surface area contributed by atoms with E-state index >= 15 is 0 Å². The third kappa shape index (κ3) is 3.64. The first-order valence-electron chi connectivity index (χ1n) is 11.9. The number of imidazole rings is 1. The highest BCUT2D eigenvalue weighted by atomic mass is 19.1. The van der Waals surface area contributed by atoms with Crippen LogP contribution in [0.5, 0.6) is 11.5 Å².